The average molecular weight is 289 g/mol. The lowest BCUT2D eigenvalue weighted by Crippen LogP contribution is -2.47. The van der Waals surface area contributed by atoms with Gasteiger partial charge < -0.3 is 5.11 Å². The predicted molar refractivity (Wildman–Crippen MR) is 72.3 cm³/mol. The molecule has 110 valence electrons. The first-order valence-electron chi connectivity index (χ1n) is 7.21. The molecule has 1 aliphatic carbocycles. The quantitative estimate of drug-likeness (QED) is 0.838. The number of sulfonamides is 1. The highest BCUT2D eigenvalue weighted by molar-refractivity contribution is 7.89. The van der Waals surface area contributed by atoms with Gasteiger partial charge in [-0.3, -0.25) is 4.79 Å². The van der Waals surface area contributed by atoms with Crippen molar-refractivity contribution in [1.82, 2.24) is 4.31 Å². The van der Waals surface area contributed by atoms with Crippen LogP contribution in [0.1, 0.15) is 51.9 Å². The third kappa shape index (κ3) is 2.94. The summed E-state index contributed by atoms with van der Waals surface area (Å²) in [5, 5.41) is 9.31. The highest BCUT2D eigenvalue weighted by atomic mass is 32.2. The number of rotatable bonds is 5. The fourth-order valence-corrected chi connectivity index (χ4v) is 5.58. The minimum Gasteiger partial charge on any atom is -0.480 e. The van der Waals surface area contributed by atoms with E-state index >= 15 is 0 Å². The molecule has 2 fully saturated rings. The van der Waals surface area contributed by atoms with E-state index in [0.717, 1.165) is 32.1 Å². The van der Waals surface area contributed by atoms with Crippen molar-refractivity contribution in [3.63, 3.8) is 0 Å². The number of unbranched alkanes of at least 4 members (excludes halogenated alkanes) is 1. The fraction of sp³-hybridized carbons (Fsp3) is 0.923. The number of aliphatic carboxylic acids is 1. The second-order valence-corrected chi connectivity index (χ2v) is 7.69. The second-order valence-electron chi connectivity index (χ2n) is 5.70. The molecular weight excluding hydrogens is 266 g/mol. The van der Waals surface area contributed by atoms with Gasteiger partial charge in [0.25, 0.3) is 0 Å². The molecule has 3 atom stereocenters. The summed E-state index contributed by atoms with van der Waals surface area (Å²) < 4.78 is 26.2. The lowest BCUT2D eigenvalue weighted by atomic mass is 9.85. The Morgan fingerprint density at radius 3 is 2.63 bits per heavy atom. The minimum absolute atomic E-state index is 0.0725. The Hall–Kier alpha value is -0.620. The van der Waals surface area contributed by atoms with Crippen LogP contribution in [0.15, 0.2) is 0 Å². The molecule has 1 heterocycles. The number of carboxylic acids is 1. The van der Waals surface area contributed by atoms with Gasteiger partial charge in [0.1, 0.15) is 6.04 Å². The maximum atomic E-state index is 12.4. The predicted octanol–water partition coefficient (Wildman–Crippen LogP) is 1.83. The van der Waals surface area contributed by atoms with Crippen molar-refractivity contribution in [3.05, 3.63) is 0 Å². The molecule has 0 radical (unpaired) electrons. The number of carbonyl (C=O) groups is 1. The molecule has 5 nitrogen and oxygen atoms in total. The first-order chi connectivity index (χ1) is 8.97. The standard InChI is InChI=1S/C13H23NO4S/c1-2-3-8-19(17,18)14-11-7-5-4-6-10(11)9-12(14)13(15)16/h10-12H,2-9H2,1H3,(H,15,16). The zero-order valence-corrected chi connectivity index (χ0v) is 12.2. The van der Waals surface area contributed by atoms with Crippen LogP contribution in [0, 0.1) is 5.92 Å². The van der Waals surface area contributed by atoms with Gasteiger partial charge in [0.15, 0.2) is 0 Å². The van der Waals surface area contributed by atoms with Gasteiger partial charge in [-0.1, -0.05) is 26.2 Å². The number of hydrogen-bond acceptors (Lipinski definition) is 3. The van der Waals surface area contributed by atoms with Gasteiger partial charge in [-0.15, -0.1) is 0 Å². The van der Waals surface area contributed by atoms with Gasteiger partial charge in [0.05, 0.1) is 5.75 Å². The van der Waals surface area contributed by atoms with Crippen molar-refractivity contribution < 1.29 is 18.3 Å². The molecule has 2 aliphatic rings. The third-order valence-corrected chi connectivity index (χ3v) is 6.36. The Kier molecular flexibility index (Phi) is 4.50. The third-order valence-electron chi connectivity index (χ3n) is 4.39. The van der Waals surface area contributed by atoms with Crippen LogP contribution in [0.5, 0.6) is 0 Å². The Bertz CT molecular complexity index is 434. The SMILES string of the molecule is CCCCS(=O)(=O)N1C(C(=O)O)CC2CCCCC21. The van der Waals surface area contributed by atoms with E-state index in [1.807, 2.05) is 6.92 Å². The van der Waals surface area contributed by atoms with E-state index in [9.17, 15) is 18.3 Å². The summed E-state index contributed by atoms with van der Waals surface area (Å²) in [5.74, 6) is -0.669. The Morgan fingerprint density at radius 1 is 1.32 bits per heavy atom. The molecule has 0 aromatic heterocycles. The minimum atomic E-state index is -3.43. The van der Waals surface area contributed by atoms with Crippen molar-refractivity contribution in [2.24, 2.45) is 5.92 Å². The molecule has 2 rings (SSSR count). The molecule has 1 saturated heterocycles. The Balaban J connectivity index is 2.24. The summed E-state index contributed by atoms with van der Waals surface area (Å²) >= 11 is 0. The van der Waals surface area contributed by atoms with E-state index in [4.69, 9.17) is 0 Å². The normalized spacial score (nSPS) is 32.2. The van der Waals surface area contributed by atoms with Crippen LogP contribution < -0.4 is 0 Å². The molecule has 0 aromatic rings. The van der Waals surface area contributed by atoms with E-state index < -0.39 is 22.0 Å². The van der Waals surface area contributed by atoms with E-state index in [-0.39, 0.29) is 17.7 Å². The summed E-state index contributed by atoms with van der Waals surface area (Å²) in [6.07, 6.45) is 5.78. The molecular formula is C13H23NO4S. The Morgan fingerprint density at radius 2 is 2.00 bits per heavy atom. The smallest absolute Gasteiger partial charge is 0.322 e. The second kappa shape index (κ2) is 5.79. The van der Waals surface area contributed by atoms with Crippen molar-refractivity contribution in [2.75, 3.05) is 5.75 Å². The highest BCUT2D eigenvalue weighted by Crippen LogP contribution is 2.41. The molecule has 6 heteroatoms. The van der Waals surface area contributed by atoms with Crippen LogP contribution in [0.3, 0.4) is 0 Å². The lowest BCUT2D eigenvalue weighted by molar-refractivity contribution is -0.141. The van der Waals surface area contributed by atoms with Gasteiger partial charge >= 0.3 is 5.97 Å². The van der Waals surface area contributed by atoms with Gasteiger partial charge in [-0.25, -0.2) is 8.42 Å². The van der Waals surface area contributed by atoms with E-state index in [2.05, 4.69) is 0 Å². The van der Waals surface area contributed by atoms with Crippen LogP contribution >= 0.6 is 0 Å². The molecule has 0 aromatic carbocycles. The summed E-state index contributed by atoms with van der Waals surface area (Å²) in [7, 11) is -3.43. The zero-order valence-electron chi connectivity index (χ0n) is 11.4. The van der Waals surface area contributed by atoms with Gasteiger partial charge in [0, 0.05) is 6.04 Å². The lowest BCUT2D eigenvalue weighted by Gasteiger charge is -2.32. The van der Waals surface area contributed by atoms with Crippen molar-refractivity contribution >= 4 is 16.0 Å². The molecule has 19 heavy (non-hydrogen) atoms. The van der Waals surface area contributed by atoms with Crippen LogP contribution in [0.25, 0.3) is 0 Å². The molecule has 0 amide bonds. The fourth-order valence-electron chi connectivity index (χ4n) is 3.46. The van der Waals surface area contributed by atoms with Crippen molar-refractivity contribution in [3.8, 4) is 0 Å². The monoisotopic (exact) mass is 289 g/mol. The number of hydrogen-bond donors (Lipinski definition) is 1. The van der Waals surface area contributed by atoms with Gasteiger partial charge in [0.2, 0.25) is 10.0 Å². The molecule has 3 unspecified atom stereocenters. The first-order valence-corrected chi connectivity index (χ1v) is 8.82. The highest BCUT2D eigenvalue weighted by Gasteiger charge is 2.50. The van der Waals surface area contributed by atoms with E-state index in [1.54, 1.807) is 0 Å². The topological polar surface area (TPSA) is 74.7 Å². The maximum Gasteiger partial charge on any atom is 0.322 e. The molecule has 1 saturated carbocycles. The van der Waals surface area contributed by atoms with Gasteiger partial charge in [-0.2, -0.15) is 4.31 Å². The maximum absolute atomic E-state index is 12.4. The first kappa shape index (κ1) is 14.8. The molecule has 1 N–H and O–H groups in total. The summed E-state index contributed by atoms with van der Waals surface area (Å²) in [6, 6.07) is -0.910. The number of fused-ring (bicyclic) bond motifs is 1. The van der Waals surface area contributed by atoms with Crippen LogP contribution in [0.4, 0.5) is 0 Å². The van der Waals surface area contributed by atoms with Crippen molar-refractivity contribution in [1.29, 1.82) is 0 Å². The largest absolute Gasteiger partial charge is 0.480 e. The van der Waals surface area contributed by atoms with Crippen molar-refractivity contribution in [2.45, 2.75) is 64.0 Å². The number of nitrogens with zero attached hydrogens (tertiary/aromatic N) is 1. The van der Waals surface area contributed by atoms with Crippen LogP contribution in [-0.2, 0) is 14.8 Å². The summed E-state index contributed by atoms with van der Waals surface area (Å²) in [5.41, 5.74) is 0. The van der Waals surface area contributed by atoms with Crippen LogP contribution in [-0.4, -0.2) is 41.6 Å². The average Bonchev–Trinajstić information content (AvgIpc) is 2.76. The zero-order chi connectivity index (χ0) is 14.0. The van der Waals surface area contributed by atoms with Gasteiger partial charge in [-0.05, 0) is 31.6 Å². The molecule has 0 spiro atoms. The number of carboxylic acid groups (broad SMARTS) is 1. The van der Waals surface area contributed by atoms with Crippen LogP contribution in [0.2, 0.25) is 0 Å². The van der Waals surface area contributed by atoms with E-state index in [0.29, 0.717) is 12.8 Å². The molecule has 0 bridgehead atoms. The Labute approximate surface area is 115 Å². The molecule has 1 aliphatic heterocycles. The summed E-state index contributed by atoms with van der Waals surface area (Å²) in [6.45, 7) is 1.94. The summed E-state index contributed by atoms with van der Waals surface area (Å²) in [4.78, 5) is 11.4. The van der Waals surface area contributed by atoms with E-state index in [1.165, 1.54) is 4.31 Å².